The van der Waals surface area contributed by atoms with Crippen LogP contribution in [0, 0.1) is 6.92 Å². The summed E-state index contributed by atoms with van der Waals surface area (Å²) in [6.45, 7) is 5.68. The number of aryl methyl sites for hydroxylation is 1. The molecule has 0 aromatic heterocycles. The third-order valence-electron chi connectivity index (χ3n) is 2.55. The summed E-state index contributed by atoms with van der Waals surface area (Å²) in [5.74, 6) is 0.0468. The molecule has 2 unspecified atom stereocenters. The van der Waals surface area contributed by atoms with Gasteiger partial charge in [-0.05, 0) is 31.9 Å². The predicted molar refractivity (Wildman–Crippen MR) is 72.4 cm³/mol. The SMILES string of the molecule is CC(=O)CC(O)CC(C)Sc1ccccc1C. The Hall–Kier alpha value is -0.800. The average molecular weight is 252 g/mol. The van der Waals surface area contributed by atoms with Crippen LogP contribution in [0.2, 0.25) is 0 Å². The minimum Gasteiger partial charge on any atom is -0.393 e. The molecular weight excluding hydrogens is 232 g/mol. The Morgan fingerprint density at radius 1 is 1.41 bits per heavy atom. The number of Topliss-reactive ketones (excluding diaryl/α,β-unsaturated/α-hetero) is 1. The Balaban J connectivity index is 2.47. The Bertz CT molecular complexity index is 376. The van der Waals surface area contributed by atoms with Crippen LogP contribution < -0.4 is 0 Å². The first-order valence-electron chi connectivity index (χ1n) is 5.89. The maximum absolute atomic E-state index is 10.9. The van der Waals surface area contributed by atoms with Gasteiger partial charge < -0.3 is 5.11 Å². The van der Waals surface area contributed by atoms with Crippen molar-refractivity contribution in [2.24, 2.45) is 0 Å². The zero-order valence-corrected chi connectivity index (χ0v) is 11.5. The molecule has 0 bridgehead atoms. The van der Waals surface area contributed by atoms with Crippen LogP contribution in [0.3, 0.4) is 0 Å². The minimum atomic E-state index is -0.515. The molecule has 2 nitrogen and oxygen atoms in total. The molecule has 0 spiro atoms. The second-order valence-corrected chi connectivity index (χ2v) is 5.97. The Morgan fingerprint density at radius 3 is 2.65 bits per heavy atom. The molecular formula is C14H20O2S. The highest BCUT2D eigenvalue weighted by molar-refractivity contribution is 8.00. The summed E-state index contributed by atoms with van der Waals surface area (Å²) in [4.78, 5) is 12.1. The van der Waals surface area contributed by atoms with E-state index in [4.69, 9.17) is 0 Å². The van der Waals surface area contributed by atoms with Gasteiger partial charge in [0.2, 0.25) is 0 Å². The fourth-order valence-corrected chi connectivity index (χ4v) is 2.91. The van der Waals surface area contributed by atoms with Crippen LogP contribution in [0.5, 0.6) is 0 Å². The van der Waals surface area contributed by atoms with Crippen LogP contribution in [-0.4, -0.2) is 22.2 Å². The first kappa shape index (κ1) is 14.3. The highest BCUT2D eigenvalue weighted by atomic mass is 32.2. The van der Waals surface area contributed by atoms with Crippen molar-refractivity contribution < 1.29 is 9.90 Å². The molecule has 1 N–H and O–H groups in total. The van der Waals surface area contributed by atoms with Gasteiger partial charge in [-0.3, -0.25) is 4.79 Å². The van der Waals surface area contributed by atoms with Crippen molar-refractivity contribution in [2.45, 2.75) is 49.9 Å². The van der Waals surface area contributed by atoms with E-state index in [-0.39, 0.29) is 12.2 Å². The molecule has 1 aromatic carbocycles. The zero-order chi connectivity index (χ0) is 12.8. The average Bonchev–Trinajstić information content (AvgIpc) is 2.19. The highest BCUT2D eigenvalue weighted by Crippen LogP contribution is 2.28. The lowest BCUT2D eigenvalue weighted by atomic mass is 10.1. The van der Waals surface area contributed by atoms with E-state index in [0.29, 0.717) is 11.7 Å². The molecule has 94 valence electrons. The van der Waals surface area contributed by atoms with Crippen LogP contribution in [0.25, 0.3) is 0 Å². The third-order valence-corrected chi connectivity index (χ3v) is 3.86. The molecule has 0 saturated carbocycles. The Morgan fingerprint density at radius 2 is 2.06 bits per heavy atom. The van der Waals surface area contributed by atoms with Gasteiger partial charge in [0.15, 0.2) is 0 Å². The maximum atomic E-state index is 10.9. The number of carbonyl (C=O) groups is 1. The van der Waals surface area contributed by atoms with Crippen molar-refractivity contribution in [1.82, 2.24) is 0 Å². The monoisotopic (exact) mass is 252 g/mol. The lowest BCUT2D eigenvalue weighted by molar-refractivity contribution is -0.118. The van der Waals surface area contributed by atoms with Crippen molar-refractivity contribution in [3.63, 3.8) is 0 Å². The number of aliphatic hydroxyl groups excluding tert-OH is 1. The summed E-state index contributed by atoms with van der Waals surface area (Å²) < 4.78 is 0. The zero-order valence-electron chi connectivity index (χ0n) is 10.6. The van der Waals surface area contributed by atoms with E-state index in [2.05, 4.69) is 26.0 Å². The first-order valence-corrected chi connectivity index (χ1v) is 6.76. The molecule has 0 heterocycles. The highest BCUT2D eigenvalue weighted by Gasteiger charge is 2.13. The van der Waals surface area contributed by atoms with Gasteiger partial charge in [-0.15, -0.1) is 11.8 Å². The molecule has 3 heteroatoms. The van der Waals surface area contributed by atoms with E-state index >= 15 is 0 Å². The van der Waals surface area contributed by atoms with Crippen molar-refractivity contribution >= 4 is 17.5 Å². The van der Waals surface area contributed by atoms with Crippen molar-refractivity contribution in [3.8, 4) is 0 Å². The van der Waals surface area contributed by atoms with Crippen molar-refractivity contribution in [1.29, 1.82) is 0 Å². The van der Waals surface area contributed by atoms with Gasteiger partial charge in [0.05, 0.1) is 6.10 Å². The molecule has 0 fully saturated rings. The van der Waals surface area contributed by atoms with Gasteiger partial charge in [0, 0.05) is 16.6 Å². The molecule has 1 rings (SSSR count). The van der Waals surface area contributed by atoms with Crippen LogP contribution in [0.15, 0.2) is 29.2 Å². The van der Waals surface area contributed by atoms with E-state index in [1.165, 1.54) is 17.4 Å². The summed E-state index contributed by atoms with van der Waals surface area (Å²) in [6, 6.07) is 8.22. The van der Waals surface area contributed by atoms with Gasteiger partial charge in [-0.25, -0.2) is 0 Å². The number of thioether (sulfide) groups is 1. The quantitative estimate of drug-likeness (QED) is 0.790. The van der Waals surface area contributed by atoms with Gasteiger partial charge >= 0.3 is 0 Å². The van der Waals surface area contributed by atoms with Crippen LogP contribution in [-0.2, 0) is 4.79 Å². The van der Waals surface area contributed by atoms with Crippen molar-refractivity contribution in [2.75, 3.05) is 0 Å². The summed E-state index contributed by atoms with van der Waals surface area (Å²) in [5.41, 5.74) is 1.26. The number of rotatable bonds is 6. The fourth-order valence-electron chi connectivity index (χ4n) is 1.75. The molecule has 0 amide bonds. The molecule has 1 aromatic rings. The van der Waals surface area contributed by atoms with Gasteiger partial charge in [0.1, 0.15) is 5.78 Å². The van der Waals surface area contributed by atoms with E-state index in [9.17, 15) is 9.90 Å². The number of hydrogen-bond donors (Lipinski definition) is 1. The molecule has 17 heavy (non-hydrogen) atoms. The van der Waals surface area contributed by atoms with E-state index in [0.717, 1.165) is 0 Å². The largest absolute Gasteiger partial charge is 0.393 e. The first-order chi connectivity index (χ1) is 7.99. The van der Waals surface area contributed by atoms with Crippen LogP contribution >= 0.6 is 11.8 Å². The van der Waals surface area contributed by atoms with Crippen LogP contribution in [0.4, 0.5) is 0 Å². The summed E-state index contributed by atoms with van der Waals surface area (Å²) >= 11 is 1.75. The number of benzene rings is 1. The standard InChI is InChI=1S/C14H20O2S/c1-10-6-4-5-7-14(10)17-12(3)9-13(16)8-11(2)15/h4-7,12-13,16H,8-9H2,1-3H3. The topological polar surface area (TPSA) is 37.3 Å². The lowest BCUT2D eigenvalue weighted by Crippen LogP contribution is -2.16. The summed E-state index contributed by atoms with van der Waals surface area (Å²) in [5, 5.41) is 10.0. The third kappa shape index (κ3) is 5.37. The van der Waals surface area contributed by atoms with Crippen molar-refractivity contribution in [3.05, 3.63) is 29.8 Å². The predicted octanol–water partition coefficient (Wildman–Crippen LogP) is 3.21. The maximum Gasteiger partial charge on any atom is 0.132 e. The number of carbonyl (C=O) groups excluding carboxylic acids is 1. The minimum absolute atomic E-state index is 0.0468. The molecule has 0 radical (unpaired) electrons. The van der Waals surface area contributed by atoms with E-state index in [1.54, 1.807) is 11.8 Å². The second kappa shape index (κ2) is 6.82. The molecule has 0 aliphatic rings. The molecule has 0 aliphatic heterocycles. The Labute approximate surface area is 107 Å². The smallest absolute Gasteiger partial charge is 0.132 e. The number of aliphatic hydroxyl groups is 1. The summed E-state index contributed by atoms with van der Waals surface area (Å²) in [6.07, 6.45) is 0.399. The lowest BCUT2D eigenvalue weighted by Gasteiger charge is -2.16. The summed E-state index contributed by atoms with van der Waals surface area (Å²) in [7, 11) is 0. The van der Waals surface area contributed by atoms with E-state index in [1.807, 2.05) is 12.1 Å². The second-order valence-electron chi connectivity index (χ2n) is 4.49. The van der Waals surface area contributed by atoms with Gasteiger partial charge in [-0.1, -0.05) is 25.1 Å². The normalized spacial score (nSPS) is 14.4. The van der Waals surface area contributed by atoms with E-state index < -0.39 is 6.10 Å². The number of ketones is 1. The van der Waals surface area contributed by atoms with Gasteiger partial charge in [0.25, 0.3) is 0 Å². The molecule has 0 aliphatic carbocycles. The Kier molecular flexibility index (Phi) is 5.72. The molecule has 2 atom stereocenters. The van der Waals surface area contributed by atoms with Crippen LogP contribution in [0.1, 0.15) is 32.3 Å². The number of hydrogen-bond acceptors (Lipinski definition) is 3. The molecule has 0 saturated heterocycles. The fraction of sp³-hybridized carbons (Fsp3) is 0.500. The van der Waals surface area contributed by atoms with Gasteiger partial charge in [-0.2, -0.15) is 0 Å².